The summed E-state index contributed by atoms with van der Waals surface area (Å²) >= 11 is 0. The number of aromatic nitrogens is 1. The van der Waals surface area contributed by atoms with E-state index < -0.39 is 0 Å². The van der Waals surface area contributed by atoms with E-state index in [0.717, 1.165) is 35.2 Å². The van der Waals surface area contributed by atoms with Crippen LogP contribution in [0.1, 0.15) is 31.4 Å². The van der Waals surface area contributed by atoms with Crippen molar-refractivity contribution in [1.82, 2.24) is 4.98 Å². The molecule has 0 amide bonds. The molecule has 3 heteroatoms. The van der Waals surface area contributed by atoms with Crippen molar-refractivity contribution in [3.05, 3.63) is 36.0 Å². The van der Waals surface area contributed by atoms with Gasteiger partial charge in [-0.2, -0.15) is 0 Å². The normalized spacial score (nSPS) is 23.5. The molecule has 2 unspecified atom stereocenters. The van der Waals surface area contributed by atoms with Crippen molar-refractivity contribution in [2.24, 2.45) is 5.73 Å². The molecule has 0 radical (unpaired) electrons. The smallest absolute Gasteiger partial charge is 0.146 e. The van der Waals surface area contributed by atoms with Gasteiger partial charge in [0.25, 0.3) is 0 Å². The molecule has 1 aliphatic carbocycles. The molecule has 0 aliphatic heterocycles. The van der Waals surface area contributed by atoms with Gasteiger partial charge in [-0.15, -0.1) is 0 Å². The Bertz CT molecular complexity index is 582. The standard InChI is InChI=1S/C16H20N2O/c1-11-9-10-12-5-4-8-15(16(12)18-11)19-14-7-3-2-6-13(14)17/h4-5,8-10,13-14H,2-3,6-7,17H2,1H3. The second-order valence-corrected chi connectivity index (χ2v) is 5.39. The molecule has 2 aromatic rings. The molecule has 1 fully saturated rings. The van der Waals surface area contributed by atoms with Gasteiger partial charge in [-0.05, 0) is 38.3 Å². The van der Waals surface area contributed by atoms with Gasteiger partial charge in [0, 0.05) is 17.1 Å². The lowest BCUT2D eigenvalue weighted by Crippen LogP contribution is -2.41. The van der Waals surface area contributed by atoms with E-state index in [-0.39, 0.29) is 12.1 Å². The molecule has 1 heterocycles. The zero-order valence-electron chi connectivity index (χ0n) is 11.3. The zero-order valence-corrected chi connectivity index (χ0v) is 11.3. The highest BCUT2D eigenvalue weighted by Gasteiger charge is 2.24. The van der Waals surface area contributed by atoms with Crippen molar-refractivity contribution >= 4 is 10.9 Å². The van der Waals surface area contributed by atoms with Crippen LogP contribution in [0.4, 0.5) is 0 Å². The summed E-state index contributed by atoms with van der Waals surface area (Å²) in [7, 11) is 0. The Morgan fingerprint density at radius 1 is 1.16 bits per heavy atom. The summed E-state index contributed by atoms with van der Waals surface area (Å²) in [6.07, 6.45) is 4.65. The van der Waals surface area contributed by atoms with Gasteiger partial charge in [-0.1, -0.05) is 24.6 Å². The van der Waals surface area contributed by atoms with Crippen LogP contribution < -0.4 is 10.5 Å². The monoisotopic (exact) mass is 256 g/mol. The molecule has 1 aromatic carbocycles. The first kappa shape index (κ1) is 12.4. The fourth-order valence-corrected chi connectivity index (χ4v) is 2.75. The van der Waals surface area contributed by atoms with Crippen molar-refractivity contribution in [3.63, 3.8) is 0 Å². The van der Waals surface area contributed by atoms with Gasteiger partial charge in [-0.3, -0.25) is 0 Å². The molecule has 1 aromatic heterocycles. The molecule has 2 atom stereocenters. The van der Waals surface area contributed by atoms with Crippen molar-refractivity contribution < 1.29 is 4.74 Å². The number of hydrogen-bond acceptors (Lipinski definition) is 3. The minimum absolute atomic E-state index is 0.127. The molecule has 0 saturated heterocycles. The Morgan fingerprint density at radius 2 is 2.00 bits per heavy atom. The Labute approximate surface area is 113 Å². The van der Waals surface area contributed by atoms with Crippen molar-refractivity contribution in [2.45, 2.75) is 44.8 Å². The summed E-state index contributed by atoms with van der Waals surface area (Å²) in [4.78, 5) is 4.60. The maximum absolute atomic E-state index is 6.16. The summed E-state index contributed by atoms with van der Waals surface area (Å²) in [5.41, 5.74) is 8.11. The molecule has 0 bridgehead atoms. The number of para-hydroxylation sites is 1. The van der Waals surface area contributed by atoms with E-state index in [9.17, 15) is 0 Å². The van der Waals surface area contributed by atoms with E-state index in [1.807, 2.05) is 25.1 Å². The summed E-state index contributed by atoms with van der Waals surface area (Å²) in [6, 6.07) is 10.3. The number of hydrogen-bond donors (Lipinski definition) is 1. The molecule has 100 valence electrons. The molecule has 2 N–H and O–H groups in total. The first-order chi connectivity index (χ1) is 9.24. The third-order valence-corrected chi connectivity index (χ3v) is 3.85. The molecule has 3 nitrogen and oxygen atoms in total. The molecule has 1 saturated carbocycles. The highest BCUT2D eigenvalue weighted by Crippen LogP contribution is 2.28. The molecule has 19 heavy (non-hydrogen) atoms. The van der Waals surface area contributed by atoms with Crippen LogP contribution >= 0.6 is 0 Å². The summed E-state index contributed by atoms with van der Waals surface area (Å²) in [6.45, 7) is 2.00. The predicted octanol–water partition coefficient (Wildman–Crippen LogP) is 3.19. The summed E-state index contributed by atoms with van der Waals surface area (Å²) < 4.78 is 6.15. The number of fused-ring (bicyclic) bond motifs is 1. The van der Waals surface area contributed by atoms with E-state index in [4.69, 9.17) is 10.5 Å². The van der Waals surface area contributed by atoms with Crippen LogP contribution in [0, 0.1) is 6.92 Å². The second kappa shape index (κ2) is 5.17. The van der Waals surface area contributed by atoms with Gasteiger partial charge in [0.05, 0.1) is 0 Å². The fraction of sp³-hybridized carbons (Fsp3) is 0.438. The number of rotatable bonds is 2. The van der Waals surface area contributed by atoms with Crippen LogP contribution in [0.2, 0.25) is 0 Å². The Morgan fingerprint density at radius 3 is 2.84 bits per heavy atom. The maximum Gasteiger partial charge on any atom is 0.146 e. The Balaban J connectivity index is 1.93. The van der Waals surface area contributed by atoms with Crippen LogP contribution in [0.25, 0.3) is 10.9 Å². The van der Waals surface area contributed by atoms with E-state index in [1.165, 1.54) is 12.8 Å². The number of nitrogens with zero attached hydrogens (tertiary/aromatic N) is 1. The molecule has 0 spiro atoms. The van der Waals surface area contributed by atoms with Crippen molar-refractivity contribution in [2.75, 3.05) is 0 Å². The van der Waals surface area contributed by atoms with Gasteiger partial charge in [-0.25, -0.2) is 4.98 Å². The van der Waals surface area contributed by atoms with Gasteiger partial charge in [0.2, 0.25) is 0 Å². The number of pyridine rings is 1. The number of ether oxygens (including phenoxy) is 1. The van der Waals surface area contributed by atoms with Gasteiger partial charge in [0.1, 0.15) is 17.4 Å². The van der Waals surface area contributed by atoms with Crippen molar-refractivity contribution in [3.8, 4) is 5.75 Å². The maximum atomic E-state index is 6.16. The third kappa shape index (κ3) is 2.56. The van der Waals surface area contributed by atoms with Crippen LogP contribution in [0.15, 0.2) is 30.3 Å². The average molecular weight is 256 g/mol. The minimum atomic E-state index is 0.127. The van der Waals surface area contributed by atoms with Crippen LogP contribution in [-0.4, -0.2) is 17.1 Å². The molecule has 3 rings (SSSR count). The number of aryl methyl sites for hydroxylation is 1. The predicted molar refractivity (Wildman–Crippen MR) is 77.3 cm³/mol. The minimum Gasteiger partial charge on any atom is -0.487 e. The highest BCUT2D eigenvalue weighted by atomic mass is 16.5. The van der Waals surface area contributed by atoms with Crippen LogP contribution in [-0.2, 0) is 0 Å². The SMILES string of the molecule is Cc1ccc2cccc(OC3CCCCC3N)c2n1. The third-order valence-electron chi connectivity index (χ3n) is 3.85. The number of nitrogens with two attached hydrogens (primary N) is 1. The van der Waals surface area contributed by atoms with E-state index in [0.29, 0.717) is 0 Å². The average Bonchev–Trinajstić information content (AvgIpc) is 2.42. The first-order valence-electron chi connectivity index (χ1n) is 7.02. The first-order valence-corrected chi connectivity index (χ1v) is 7.02. The summed E-state index contributed by atoms with van der Waals surface area (Å²) in [5.74, 6) is 0.864. The molecular weight excluding hydrogens is 236 g/mol. The van der Waals surface area contributed by atoms with E-state index in [2.05, 4.69) is 17.1 Å². The van der Waals surface area contributed by atoms with E-state index >= 15 is 0 Å². The zero-order chi connectivity index (χ0) is 13.2. The lowest BCUT2D eigenvalue weighted by Gasteiger charge is -2.29. The second-order valence-electron chi connectivity index (χ2n) is 5.39. The topological polar surface area (TPSA) is 48.1 Å². The lowest BCUT2D eigenvalue weighted by molar-refractivity contribution is 0.134. The highest BCUT2D eigenvalue weighted by molar-refractivity contribution is 5.84. The van der Waals surface area contributed by atoms with E-state index in [1.54, 1.807) is 0 Å². The largest absolute Gasteiger partial charge is 0.487 e. The van der Waals surface area contributed by atoms with Gasteiger partial charge >= 0.3 is 0 Å². The number of benzene rings is 1. The molecule has 1 aliphatic rings. The van der Waals surface area contributed by atoms with Gasteiger partial charge in [0.15, 0.2) is 0 Å². The fourth-order valence-electron chi connectivity index (χ4n) is 2.75. The molecular formula is C16H20N2O. The Hall–Kier alpha value is -1.61. The Kier molecular flexibility index (Phi) is 3.38. The quantitative estimate of drug-likeness (QED) is 0.897. The van der Waals surface area contributed by atoms with Crippen LogP contribution in [0.5, 0.6) is 5.75 Å². The summed E-state index contributed by atoms with van der Waals surface area (Å²) in [5, 5.41) is 1.12. The lowest BCUT2D eigenvalue weighted by atomic mass is 9.93. The van der Waals surface area contributed by atoms with Gasteiger partial charge < -0.3 is 10.5 Å². The van der Waals surface area contributed by atoms with Crippen molar-refractivity contribution in [1.29, 1.82) is 0 Å². The van der Waals surface area contributed by atoms with Crippen LogP contribution in [0.3, 0.4) is 0 Å².